The lowest BCUT2D eigenvalue weighted by Crippen LogP contribution is -2.05. The Balaban J connectivity index is 2.65. The van der Waals surface area contributed by atoms with Crippen LogP contribution < -0.4 is 0 Å². The van der Waals surface area contributed by atoms with E-state index in [2.05, 4.69) is 35.9 Å². The highest BCUT2D eigenvalue weighted by molar-refractivity contribution is 5.70. The van der Waals surface area contributed by atoms with Gasteiger partial charge in [-0.25, -0.2) is 0 Å². The SMILES string of the molecule is CCc1ccc(C(C)CC(=O)OC)cc1. The molecule has 1 unspecified atom stereocenters. The number of ether oxygens (including phenoxy) is 1. The second-order valence-corrected chi connectivity index (χ2v) is 3.78. The van der Waals surface area contributed by atoms with Crippen LogP contribution in [-0.2, 0) is 16.0 Å². The fourth-order valence-electron chi connectivity index (χ4n) is 1.53. The van der Waals surface area contributed by atoms with Crippen molar-refractivity contribution in [3.05, 3.63) is 35.4 Å². The van der Waals surface area contributed by atoms with E-state index in [1.165, 1.54) is 18.2 Å². The van der Waals surface area contributed by atoms with Crippen LogP contribution in [0.3, 0.4) is 0 Å². The number of hydrogen-bond donors (Lipinski definition) is 0. The maximum absolute atomic E-state index is 11.1. The van der Waals surface area contributed by atoms with Crippen LogP contribution in [0.25, 0.3) is 0 Å². The number of benzene rings is 1. The molecule has 0 amide bonds. The number of rotatable bonds is 4. The highest BCUT2D eigenvalue weighted by atomic mass is 16.5. The van der Waals surface area contributed by atoms with Crippen LogP contribution in [0.4, 0.5) is 0 Å². The van der Waals surface area contributed by atoms with Crippen molar-refractivity contribution in [1.29, 1.82) is 0 Å². The van der Waals surface area contributed by atoms with Gasteiger partial charge in [-0.15, -0.1) is 0 Å². The molecule has 0 aliphatic rings. The van der Waals surface area contributed by atoms with Gasteiger partial charge in [-0.05, 0) is 23.5 Å². The molecule has 0 saturated heterocycles. The molecule has 2 heteroatoms. The summed E-state index contributed by atoms with van der Waals surface area (Å²) in [5, 5.41) is 0. The normalized spacial score (nSPS) is 12.2. The number of carbonyl (C=O) groups is 1. The molecule has 15 heavy (non-hydrogen) atoms. The third-order valence-corrected chi connectivity index (χ3v) is 2.66. The van der Waals surface area contributed by atoms with Gasteiger partial charge in [0, 0.05) is 0 Å². The zero-order valence-corrected chi connectivity index (χ0v) is 9.62. The standard InChI is InChI=1S/C13H18O2/c1-4-11-5-7-12(8-6-11)10(2)9-13(14)15-3/h5-8,10H,4,9H2,1-3H3. The van der Waals surface area contributed by atoms with Crippen LogP contribution in [0.1, 0.15) is 37.3 Å². The third-order valence-electron chi connectivity index (χ3n) is 2.66. The molecule has 0 fully saturated rings. The summed E-state index contributed by atoms with van der Waals surface area (Å²) in [4.78, 5) is 11.1. The Morgan fingerprint density at radius 3 is 2.40 bits per heavy atom. The van der Waals surface area contributed by atoms with Crippen molar-refractivity contribution < 1.29 is 9.53 Å². The van der Waals surface area contributed by atoms with E-state index in [1.807, 2.05) is 6.92 Å². The molecule has 0 aliphatic heterocycles. The van der Waals surface area contributed by atoms with E-state index in [9.17, 15) is 4.79 Å². The Morgan fingerprint density at radius 1 is 1.33 bits per heavy atom. The van der Waals surface area contributed by atoms with Crippen LogP contribution in [0.5, 0.6) is 0 Å². The first-order valence-electron chi connectivity index (χ1n) is 5.33. The summed E-state index contributed by atoms with van der Waals surface area (Å²) in [7, 11) is 1.43. The minimum atomic E-state index is -0.151. The lowest BCUT2D eigenvalue weighted by molar-refractivity contribution is -0.140. The largest absolute Gasteiger partial charge is 0.469 e. The van der Waals surface area contributed by atoms with Crippen molar-refractivity contribution in [2.45, 2.75) is 32.6 Å². The summed E-state index contributed by atoms with van der Waals surface area (Å²) in [6.07, 6.45) is 1.49. The summed E-state index contributed by atoms with van der Waals surface area (Å²) in [6.45, 7) is 4.17. The predicted octanol–water partition coefficient (Wildman–Crippen LogP) is 2.92. The molecule has 1 rings (SSSR count). The van der Waals surface area contributed by atoms with Crippen molar-refractivity contribution in [3.63, 3.8) is 0 Å². The molecule has 0 heterocycles. The van der Waals surface area contributed by atoms with Gasteiger partial charge in [0.2, 0.25) is 0 Å². The number of methoxy groups -OCH3 is 1. The fraction of sp³-hybridized carbons (Fsp3) is 0.462. The Labute approximate surface area is 91.3 Å². The Morgan fingerprint density at radius 2 is 1.93 bits per heavy atom. The van der Waals surface area contributed by atoms with Gasteiger partial charge in [0.15, 0.2) is 0 Å². The lowest BCUT2D eigenvalue weighted by Gasteiger charge is -2.10. The van der Waals surface area contributed by atoms with E-state index in [-0.39, 0.29) is 11.9 Å². The monoisotopic (exact) mass is 206 g/mol. The molecule has 1 atom stereocenters. The van der Waals surface area contributed by atoms with E-state index in [1.54, 1.807) is 0 Å². The Hall–Kier alpha value is -1.31. The summed E-state index contributed by atoms with van der Waals surface area (Å²) >= 11 is 0. The highest BCUT2D eigenvalue weighted by Crippen LogP contribution is 2.19. The zero-order chi connectivity index (χ0) is 11.3. The number of hydrogen-bond acceptors (Lipinski definition) is 2. The Kier molecular flexibility index (Phi) is 4.35. The zero-order valence-electron chi connectivity index (χ0n) is 9.62. The molecule has 0 saturated carbocycles. The maximum atomic E-state index is 11.1. The van der Waals surface area contributed by atoms with Crippen molar-refractivity contribution in [2.24, 2.45) is 0 Å². The first kappa shape index (κ1) is 11.8. The van der Waals surface area contributed by atoms with E-state index >= 15 is 0 Å². The average molecular weight is 206 g/mol. The topological polar surface area (TPSA) is 26.3 Å². The molecule has 1 aromatic rings. The van der Waals surface area contributed by atoms with Gasteiger partial charge in [0.05, 0.1) is 13.5 Å². The third kappa shape index (κ3) is 3.39. The molecule has 0 aromatic heterocycles. The number of carbonyl (C=O) groups excluding carboxylic acids is 1. The van der Waals surface area contributed by atoms with Crippen molar-refractivity contribution in [2.75, 3.05) is 7.11 Å². The Bertz CT molecular complexity index is 314. The maximum Gasteiger partial charge on any atom is 0.306 e. The van der Waals surface area contributed by atoms with Crippen molar-refractivity contribution in [1.82, 2.24) is 0 Å². The van der Waals surface area contributed by atoms with Crippen LogP contribution in [0.2, 0.25) is 0 Å². The van der Waals surface area contributed by atoms with E-state index in [0.29, 0.717) is 6.42 Å². The van der Waals surface area contributed by atoms with Crippen LogP contribution in [-0.4, -0.2) is 13.1 Å². The minimum Gasteiger partial charge on any atom is -0.469 e. The second-order valence-electron chi connectivity index (χ2n) is 3.78. The molecule has 1 aromatic carbocycles. The molecular formula is C13H18O2. The first-order chi connectivity index (χ1) is 7.17. The molecule has 82 valence electrons. The van der Waals surface area contributed by atoms with Gasteiger partial charge in [-0.1, -0.05) is 38.1 Å². The molecule has 0 aliphatic carbocycles. The van der Waals surface area contributed by atoms with Crippen LogP contribution >= 0.6 is 0 Å². The highest BCUT2D eigenvalue weighted by Gasteiger charge is 2.10. The van der Waals surface area contributed by atoms with E-state index < -0.39 is 0 Å². The number of aryl methyl sites for hydroxylation is 1. The quantitative estimate of drug-likeness (QED) is 0.708. The first-order valence-corrected chi connectivity index (χ1v) is 5.33. The summed E-state index contributed by atoms with van der Waals surface area (Å²) in [5.41, 5.74) is 2.52. The average Bonchev–Trinajstić information content (AvgIpc) is 2.29. The van der Waals surface area contributed by atoms with Gasteiger partial charge in [0.25, 0.3) is 0 Å². The summed E-state index contributed by atoms with van der Waals surface area (Å²) < 4.78 is 4.65. The fourth-order valence-corrected chi connectivity index (χ4v) is 1.53. The van der Waals surface area contributed by atoms with Gasteiger partial charge in [-0.2, -0.15) is 0 Å². The summed E-state index contributed by atoms with van der Waals surface area (Å²) in [5.74, 6) is 0.0745. The van der Waals surface area contributed by atoms with E-state index in [0.717, 1.165) is 6.42 Å². The molecule has 0 N–H and O–H groups in total. The smallest absolute Gasteiger partial charge is 0.306 e. The summed E-state index contributed by atoms with van der Waals surface area (Å²) in [6, 6.07) is 8.41. The molecule has 0 bridgehead atoms. The minimum absolute atomic E-state index is 0.151. The molecule has 0 radical (unpaired) electrons. The molecular weight excluding hydrogens is 188 g/mol. The van der Waals surface area contributed by atoms with Crippen LogP contribution in [0, 0.1) is 0 Å². The van der Waals surface area contributed by atoms with Gasteiger partial charge >= 0.3 is 5.97 Å². The van der Waals surface area contributed by atoms with Crippen LogP contribution in [0.15, 0.2) is 24.3 Å². The molecule has 2 nitrogen and oxygen atoms in total. The predicted molar refractivity (Wildman–Crippen MR) is 60.9 cm³/mol. The molecule has 0 spiro atoms. The number of esters is 1. The van der Waals surface area contributed by atoms with Gasteiger partial charge in [0.1, 0.15) is 0 Å². The lowest BCUT2D eigenvalue weighted by atomic mass is 9.96. The van der Waals surface area contributed by atoms with Crippen molar-refractivity contribution >= 4 is 5.97 Å². The van der Waals surface area contributed by atoms with Crippen molar-refractivity contribution in [3.8, 4) is 0 Å². The second kappa shape index (κ2) is 5.54. The van der Waals surface area contributed by atoms with E-state index in [4.69, 9.17) is 0 Å². The van der Waals surface area contributed by atoms with Gasteiger partial charge in [-0.3, -0.25) is 4.79 Å². The van der Waals surface area contributed by atoms with Gasteiger partial charge < -0.3 is 4.74 Å².